The Balaban J connectivity index is 2.77. The number of ether oxygens (including phenoxy) is 1. The normalized spacial score (nSPS) is 15.8. The second-order valence-corrected chi connectivity index (χ2v) is 6.64. The number of nitrogens with one attached hydrogen (secondary N) is 2. The standard InChI is InChI=1S/C19H10F12N2O/c20-16(21,22)13(32)9-1-4-11(5-2-9)15(18(26,27)28,19(29,30)31)12-6-3-10(7-8-34-12)14(33)17(23,24)25/h1-8,32-33H. The SMILES string of the molecule is N=C(C1=CC=C(C(c2ccc(C(=N)C(F)(F)F)cc2)(C(F)(F)F)C(F)(F)F)OC=C1)C(F)(F)F. The average molecular weight is 510 g/mol. The summed E-state index contributed by atoms with van der Waals surface area (Å²) in [6.45, 7) is 0. The molecule has 1 aromatic rings. The van der Waals surface area contributed by atoms with Gasteiger partial charge in [0.05, 0.1) is 6.26 Å². The van der Waals surface area contributed by atoms with Crippen molar-refractivity contribution in [2.75, 3.05) is 0 Å². The summed E-state index contributed by atoms with van der Waals surface area (Å²) in [6.07, 6.45) is -22.5. The van der Waals surface area contributed by atoms with E-state index >= 15 is 0 Å². The van der Waals surface area contributed by atoms with Gasteiger partial charge in [-0.1, -0.05) is 24.3 Å². The Morgan fingerprint density at radius 2 is 1.12 bits per heavy atom. The number of halogens is 12. The minimum atomic E-state index is -6.25. The molecule has 0 bridgehead atoms. The van der Waals surface area contributed by atoms with Gasteiger partial charge < -0.3 is 4.74 Å². The first-order chi connectivity index (χ1) is 15.2. The Bertz CT molecular complexity index is 1040. The Morgan fingerprint density at radius 3 is 1.53 bits per heavy atom. The molecule has 0 atom stereocenters. The summed E-state index contributed by atoms with van der Waals surface area (Å²) in [6, 6.07) is 0.533. The van der Waals surface area contributed by atoms with Crippen LogP contribution in [0.4, 0.5) is 52.7 Å². The first-order valence-electron chi connectivity index (χ1n) is 8.56. The fraction of sp³-hybridized carbons (Fsp3) is 0.263. The van der Waals surface area contributed by atoms with Crippen molar-refractivity contribution in [3.8, 4) is 0 Å². The Hall–Kier alpha value is -3.26. The van der Waals surface area contributed by atoms with E-state index in [9.17, 15) is 52.7 Å². The topological polar surface area (TPSA) is 56.9 Å². The molecule has 34 heavy (non-hydrogen) atoms. The van der Waals surface area contributed by atoms with Crippen LogP contribution < -0.4 is 0 Å². The number of rotatable bonds is 4. The van der Waals surface area contributed by atoms with Gasteiger partial charge in [-0.15, -0.1) is 0 Å². The quantitative estimate of drug-likeness (QED) is 0.336. The number of hydrogen-bond acceptors (Lipinski definition) is 3. The van der Waals surface area contributed by atoms with Crippen molar-refractivity contribution in [1.82, 2.24) is 0 Å². The van der Waals surface area contributed by atoms with Crippen LogP contribution in [0.3, 0.4) is 0 Å². The Labute approximate surface area is 182 Å². The predicted octanol–water partition coefficient (Wildman–Crippen LogP) is 6.92. The van der Waals surface area contributed by atoms with Crippen LogP contribution in [0, 0.1) is 10.8 Å². The van der Waals surface area contributed by atoms with E-state index in [-0.39, 0.29) is 42.7 Å². The largest absolute Gasteiger partial charge is 0.468 e. The van der Waals surface area contributed by atoms with Gasteiger partial charge >= 0.3 is 24.7 Å². The third kappa shape index (κ3) is 4.82. The minimum Gasteiger partial charge on any atom is -0.468 e. The molecule has 1 aromatic carbocycles. The van der Waals surface area contributed by atoms with Crippen molar-refractivity contribution in [3.63, 3.8) is 0 Å². The lowest BCUT2D eigenvalue weighted by Gasteiger charge is -2.38. The number of benzene rings is 1. The summed E-state index contributed by atoms with van der Waals surface area (Å²) >= 11 is 0. The highest BCUT2D eigenvalue weighted by Gasteiger charge is 2.75. The maximum absolute atomic E-state index is 14.0. The van der Waals surface area contributed by atoms with E-state index in [1.165, 1.54) is 0 Å². The molecular formula is C19H10F12N2O. The molecule has 0 aliphatic carbocycles. The molecule has 0 radical (unpaired) electrons. The number of allylic oxidation sites excluding steroid dienone is 5. The lowest BCUT2D eigenvalue weighted by Crippen LogP contribution is -2.55. The molecule has 0 aromatic heterocycles. The average Bonchev–Trinajstić information content (AvgIpc) is 2.90. The lowest BCUT2D eigenvalue weighted by atomic mass is 9.76. The zero-order valence-corrected chi connectivity index (χ0v) is 16.1. The number of alkyl halides is 12. The molecule has 0 unspecified atom stereocenters. The highest BCUT2D eigenvalue weighted by Crippen LogP contribution is 2.57. The molecule has 0 saturated carbocycles. The zero-order valence-electron chi connectivity index (χ0n) is 16.1. The Morgan fingerprint density at radius 1 is 0.647 bits per heavy atom. The maximum Gasteiger partial charge on any atom is 0.433 e. The van der Waals surface area contributed by atoms with Gasteiger partial charge in [-0.3, -0.25) is 10.8 Å². The van der Waals surface area contributed by atoms with Crippen LogP contribution in [0.15, 0.2) is 60.1 Å². The van der Waals surface area contributed by atoms with E-state index in [0.29, 0.717) is 6.08 Å². The van der Waals surface area contributed by atoms with Gasteiger partial charge in [0.2, 0.25) is 5.41 Å². The highest BCUT2D eigenvalue weighted by atomic mass is 19.4. The summed E-state index contributed by atoms with van der Waals surface area (Å²) in [5.74, 6) is -1.97. The molecule has 3 nitrogen and oxygen atoms in total. The number of hydrogen-bond donors (Lipinski definition) is 2. The highest BCUT2D eigenvalue weighted by molar-refractivity contribution is 6.04. The fourth-order valence-electron chi connectivity index (χ4n) is 2.94. The van der Waals surface area contributed by atoms with E-state index in [1.54, 1.807) is 0 Å². The zero-order chi connectivity index (χ0) is 26.3. The molecule has 0 saturated heterocycles. The van der Waals surface area contributed by atoms with Crippen LogP contribution >= 0.6 is 0 Å². The van der Waals surface area contributed by atoms with E-state index < -0.39 is 64.0 Å². The summed E-state index contributed by atoms with van der Waals surface area (Å²) in [5.41, 5.74) is -13.0. The minimum absolute atomic E-state index is 0.0533. The predicted molar refractivity (Wildman–Crippen MR) is 93.3 cm³/mol. The molecular weight excluding hydrogens is 500 g/mol. The van der Waals surface area contributed by atoms with Crippen LogP contribution in [0.25, 0.3) is 0 Å². The van der Waals surface area contributed by atoms with Gasteiger partial charge in [0, 0.05) is 11.1 Å². The molecule has 1 aliphatic heterocycles. The molecule has 2 N–H and O–H groups in total. The van der Waals surface area contributed by atoms with Crippen LogP contribution in [-0.2, 0) is 10.2 Å². The van der Waals surface area contributed by atoms with E-state index in [2.05, 4.69) is 4.74 Å². The molecule has 186 valence electrons. The Kier molecular flexibility index (Phi) is 6.75. The van der Waals surface area contributed by atoms with Gasteiger partial charge in [0.1, 0.15) is 17.2 Å². The first-order valence-corrected chi connectivity index (χ1v) is 8.56. The van der Waals surface area contributed by atoms with Gasteiger partial charge in [-0.2, -0.15) is 52.7 Å². The molecule has 0 amide bonds. The van der Waals surface area contributed by atoms with Crippen LogP contribution in [0.1, 0.15) is 11.1 Å². The third-order valence-electron chi connectivity index (χ3n) is 4.54. The summed E-state index contributed by atoms with van der Waals surface area (Å²) in [5, 5.41) is 13.9. The van der Waals surface area contributed by atoms with Crippen molar-refractivity contribution < 1.29 is 57.4 Å². The summed E-state index contributed by atoms with van der Waals surface area (Å²) in [4.78, 5) is 0. The van der Waals surface area contributed by atoms with Crippen molar-refractivity contribution in [3.05, 3.63) is 71.2 Å². The van der Waals surface area contributed by atoms with Gasteiger partial charge in [0.15, 0.2) is 0 Å². The third-order valence-corrected chi connectivity index (χ3v) is 4.54. The molecule has 1 aliphatic rings. The second-order valence-electron chi connectivity index (χ2n) is 6.64. The van der Waals surface area contributed by atoms with Crippen molar-refractivity contribution >= 4 is 11.4 Å². The molecule has 1 heterocycles. The van der Waals surface area contributed by atoms with Crippen LogP contribution in [0.5, 0.6) is 0 Å². The smallest absolute Gasteiger partial charge is 0.433 e. The lowest BCUT2D eigenvalue weighted by molar-refractivity contribution is -0.297. The van der Waals surface area contributed by atoms with Crippen LogP contribution in [-0.4, -0.2) is 36.1 Å². The van der Waals surface area contributed by atoms with Crippen molar-refractivity contribution in [1.29, 1.82) is 10.8 Å². The van der Waals surface area contributed by atoms with Gasteiger partial charge in [0.25, 0.3) is 0 Å². The van der Waals surface area contributed by atoms with Crippen LogP contribution in [0.2, 0.25) is 0 Å². The van der Waals surface area contributed by atoms with Gasteiger partial charge in [-0.05, 0) is 23.8 Å². The van der Waals surface area contributed by atoms with Crippen molar-refractivity contribution in [2.45, 2.75) is 30.1 Å². The molecule has 2 rings (SSSR count). The molecule has 0 fully saturated rings. The summed E-state index contributed by atoms with van der Waals surface area (Å²) in [7, 11) is 0. The summed E-state index contributed by atoms with van der Waals surface area (Å²) < 4.78 is 165. The first kappa shape index (κ1) is 27.0. The fourth-order valence-corrected chi connectivity index (χ4v) is 2.94. The van der Waals surface area contributed by atoms with Gasteiger partial charge in [-0.25, -0.2) is 0 Å². The van der Waals surface area contributed by atoms with Crippen molar-refractivity contribution in [2.24, 2.45) is 0 Å². The monoisotopic (exact) mass is 510 g/mol. The second kappa shape index (κ2) is 8.51. The molecule has 15 heteroatoms. The molecule has 0 spiro atoms. The van der Waals surface area contributed by atoms with E-state index in [4.69, 9.17) is 10.8 Å². The maximum atomic E-state index is 14.0. The van der Waals surface area contributed by atoms with E-state index in [1.807, 2.05) is 0 Å². The van der Waals surface area contributed by atoms with E-state index in [0.717, 1.165) is 0 Å².